The Morgan fingerprint density at radius 2 is 1.40 bits per heavy atom. The van der Waals surface area contributed by atoms with Crippen molar-refractivity contribution >= 4 is 0 Å². The molecule has 0 aromatic rings. The largest absolute Gasteiger partial charge is 0.343 e. The van der Waals surface area contributed by atoms with Gasteiger partial charge in [-0.15, -0.1) is 0 Å². The Labute approximate surface area is 153 Å². The summed E-state index contributed by atoms with van der Waals surface area (Å²) in [4.78, 5) is 0. The fourth-order valence-electron chi connectivity index (χ4n) is 1.23. The summed E-state index contributed by atoms with van der Waals surface area (Å²) in [5, 5.41) is 0. The molecule has 0 aromatic carbocycles. The van der Waals surface area contributed by atoms with E-state index in [0.29, 0.717) is 0 Å². The number of allylic oxidation sites excluding steroid dienone is 7. The SMILES string of the molecule is [CH-]=C/C=C\C/C=C\C/C=C\CCCCC.[CH2-]CCC.[Y]. The van der Waals surface area contributed by atoms with Crippen LogP contribution in [0.5, 0.6) is 0 Å². The maximum atomic E-state index is 5.20. The monoisotopic (exact) mass is 349 g/mol. The van der Waals surface area contributed by atoms with E-state index in [1.54, 1.807) is 6.08 Å². The first kappa shape index (κ1) is 25.0. The number of hydrogen-bond donors (Lipinski definition) is 0. The van der Waals surface area contributed by atoms with Crippen LogP contribution in [0.25, 0.3) is 0 Å². The molecule has 0 fully saturated rings. The van der Waals surface area contributed by atoms with Crippen LogP contribution in [0.3, 0.4) is 0 Å². The summed E-state index contributed by atoms with van der Waals surface area (Å²) in [6, 6.07) is 0. The Kier molecular flexibility index (Phi) is 34.3. The molecule has 0 aliphatic heterocycles. The van der Waals surface area contributed by atoms with Crippen molar-refractivity contribution in [2.75, 3.05) is 0 Å². The molecule has 0 aromatic heterocycles. The summed E-state index contributed by atoms with van der Waals surface area (Å²) in [7, 11) is 0. The zero-order valence-corrected chi connectivity index (χ0v) is 16.4. The molecule has 0 N–H and O–H groups in total. The van der Waals surface area contributed by atoms with Crippen LogP contribution in [0.1, 0.15) is 65.2 Å². The summed E-state index contributed by atoms with van der Waals surface area (Å²) >= 11 is 0. The van der Waals surface area contributed by atoms with Crippen LogP contribution in [-0.2, 0) is 32.7 Å². The van der Waals surface area contributed by atoms with Gasteiger partial charge in [-0.3, -0.25) is 6.58 Å². The van der Waals surface area contributed by atoms with Crippen molar-refractivity contribution in [1.82, 2.24) is 0 Å². The van der Waals surface area contributed by atoms with Gasteiger partial charge >= 0.3 is 0 Å². The Morgan fingerprint density at radius 1 is 0.850 bits per heavy atom. The molecule has 20 heavy (non-hydrogen) atoms. The van der Waals surface area contributed by atoms with Gasteiger partial charge in [0.25, 0.3) is 0 Å². The topological polar surface area (TPSA) is 0 Å². The molecule has 0 saturated heterocycles. The molecule has 0 aliphatic carbocycles. The molecule has 1 heteroatoms. The van der Waals surface area contributed by atoms with E-state index >= 15 is 0 Å². The Balaban J connectivity index is -0.000000508. The van der Waals surface area contributed by atoms with Crippen molar-refractivity contribution in [2.45, 2.75) is 65.2 Å². The van der Waals surface area contributed by atoms with Crippen LogP contribution in [0.15, 0.2) is 42.5 Å². The maximum Gasteiger partial charge on any atom is 0 e. The smallest absolute Gasteiger partial charge is 0 e. The van der Waals surface area contributed by atoms with Crippen LogP contribution >= 0.6 is 0 Å². The normalized spacial score (nSPS) is 10.6. The third-order valence-electron chi connectivity index (χ3n) is 2.45. The molecular weight excluding hydrogens is 317 g/mol. The second-order valence-corrected chi connectivity index (χ2v) is 4.38. The van der Waals surface area contributed by atoms with Gasteiger partial charge in [-0.1, -0.05) is 57.4 Å². The molecule has 0 unspecified atom stereocenters. The maximum absolute atomic E-state index is 5.20. The third kappa shape index (κ3) is 30.8. The second-order valence-electron chi connectivity index (χ2n) is 4.38. The average molecular weight is 349 g/mol. The van der Waals surface area contributed by atoms with Gasteiger partial charge in [0.05, 0.1) is 0 Å². The predicted molar refractivity (Wildman–Crippen MR) is 89.9 cm³/mol. The van der Waals surface area contributed by atoms with E-state index in [1.807, 2.05) is 12.2 Å². The molecule has 1 radical (unpaired) electrons. The summed E-state index contributed by atoms with van der Waals surface area (Å²) < 4.78 is 0. The van der Waals surface area contributed by atoms with Crippen LogP contribution in [0.2, 0.25) is 0 Å². The Hall–Kier alpha value is 0.0639. The molecule has 0 saturated carbocycles. The second kappa shape index (κ2) is 27.4. The minimum absolute atomic E-state index is 0. The summed E-state index contributed by atoms with van der Waals surface area (Å²) in [5.41, 5.74) is 0. The van der Waals surface area contributed by atoms with Crippen molar-refractivity contribution < 1.29 is 32.7 Å². The van der Waals surface area contributed by atoms with E-state index in [9.17, 15) is 0 Å². The molecule has 0 heterocycles. The van der Waals surface area contributed by atoms with Crippen molar-refractivity contribution in [3.8, 4) is 0 Å². The minimum Gasteiger partial charge on any atom is -0.343 e. The van der Waals surface area contributed by atoms with Crippen LogP contribution in [0.4, 0.5) is 0 Å². The molecule has 0 bridgehead atoms. The quantitative estimate of drug-likeness (QED) is 0.180. The van der Waals surface area contributed by atoms with Gasteiger partial charge < -0.3 is 6.92 Å². The van der Waals surface area contributed by atoms with Gasteiger partial charge in [0.15, 0.2) is 0 Å². The number of hydrogen-bond acceptors (Lipinski definition) is 0. The van der Waals surface area contributed by atoms with Crippen molar-refractivity contribution in [2.24, 2.45) is 0 Å². The fraction of sp³-hybridized carbons (Fsp3) is 0.526. The van der Waals surface area contributed by atoms with E-state index in [2.05, 4.69) is 45.1 Å². The van der Waals surface area contributed by atoms with Gasteiger partial charge in [-0.25, -0.2) is 12.2 Å². The van der Waals surface area contributed by atoms with Gasteiger partial charge in [0, 0.05) is 32.7 Å². The van der Waals surface area contributed by atoms with E-state index in [1.165, 1.54) is 32.1 Å². The van der Waals surface area contributed by atoms with Crippen LogP contribution < -0.4 is 0 Å². The first-order chi connectivity index (χ1) is 9.33. The van der Waals surface area contributed by atoms with Crippen molar-refractivity contribution in [1.29, 1.82) is 0 Å². The summed E-state index contributed by atoms with van der Waals surface area (Å²) in [5.74, 6) is 0. The number of unbranched alkanes of at least 4 members (excludes halogenated alkanes) is 4. The first-order valence-corrected chi connectivity index (χ1v) is 7.62. The van der Waals surface area contributed by atoms with Crippen LogP contribution in [-0.4, -0.2) is 0 Å². The number of rotatable bonds is 10. The average Bonchev–Trinajstić information content (AvgIpc) is 2.45. The van der Waals surface area contributed by atoms with E-state index in [4.69, 9.17) is 6.58 Å². The molecular formula is C19H32Y-2. The third-order valence-corrected chi connectivity index (χ3v) is 2.45. The Bertz CT molecular complexity index is 234. The first-order valence-electron chi connectivity index (χ1n) is 7.62. The van der Waals surface area contributed by atoms with Gasteiger partial charge in [-0.2, -0.15) is 12.5 Å². The molecule has 113 valence electrons. The van der Waals surface area contributed by atoms with E-state index in [0.717, 1.165) is 19.3 Å². The van der Waals surface area contributed by atoms with Crippen molar-refractivity contribution in [3.05, 3.63) is 56.0 Å². The minimum atomic E-state index is 0. The fourth-order valence-corrected chi connectivity index (χ4v) is 1.23. The van der Waals surface area contributed by atoms with Gasteiger partial charge in [0.2, 0.25) is 0 Å². The predicted octanol–water partition coefficient (Wildman–Crippen LogP) is 6.62. The van der Waals surface area contributed by atoms with E-state index in [-0.39, 0.29) is 32.7 Å². The molecule has 0 rings (SSSR count). The zero-order valence-electron chi connectivity index (χ0n) is 13.6. The van der Waals surface area contributed by atoms with Gasteiger partial charge in [0.1, 0.15) is 0 Å². The summed E-state index contributed by atoms with van der Waals surface area (Å²) in [6.07, 6.45) is 23.8. The summed E-state index contributed by atoms with van der Waals surface area (Å²) in [6.45, 7) is 13.2. The Morgan fingerprint density at radius 3 is 1.90 bits per heavy atom. The molecule has 0 amide bonds. The molecule has 0 atom stereocenters. The zero-order chi connectivity index (χ0) is 14.6. The standard InChI is InChI=1S/C15H23.C4H9.Y/c1-3-5-7-9-11-13-15-14-12-10-8-6-4-2;1-3-4-2;/h1,3,5,7,11-14H,4,6,8-10,15H2,2H3;1,3-4H2,2H3;/q2*-1;/b7-5-,13-11-,14-12-;;. The van der Waals surface area contributed by atoms with Crippen LogP contribution in [0, 0.1) is 13.5 Å². The van der Waals surface area contributed by atoms with E-state index < -0.39 is 0 Å². The van der Waals surface area contributed by atoms with Gasteiger partial charge in [-0.05, 0) is 25.7 Å². The van der Waals surface area contributed by atoms with Crippen molar-refractivity contribution in [3.63, 3.8) is 0 Å². The molecule has 0 nitrogen and oxygen atoms in total. The molecule has 0 aliphatic rings. The molecule has 0 spiro atoms.